The van der Waals surface area contributed by atoms with Crippen molar-refractivity contribution in [1.82, 2.24) is 9.97 Å². The first-order valence-corrected chi connectivity index (χ1v) is 8.58. The third-order valence-corrected chi connectivity index (χ3v) is 4.73. The van der Waals surface area contributed by atoms with Crippen molar-refractivity contribution in [3.05, 3.63) is 53.9 Å². The number of fused-ring (bicyclic) bond motifs is 2. The van der Waals surface area contributed by atoms with E-state index in [1.54, 1.807) is 6.33 Å². The van der Waals surface area contributed by atoms with Crippen molar-refractivity contribution in [3.8, 4) is 0 Å². The van der Waals surface area contributed by atoms with Crippen LogP contribution in [0.5, 0.6) is 0 Å². The van der Waals surface area contributed by atoms with Crippen LogP contribution in [0, 0.1) is 6.92 Å². The minimum absolute atomic E-state index is 0.202. The van der Waals surface area contributed by atoms with Crippen LogP contribution >= 0.6 is 0 Å². The van der Waals surface area contributed by atoms with Gasteiger partial charge >= 0.3 is 0 Å². The number of hydrogen-bond acceptors (Lipinski definition) is 4. The molecule has 1 N–H and O–H groups in total. The maximum Gasteiger partial charge on any atom is 0.227 e. The van der Waals surface area contributed by atoms with Gasteiger partial charge in [-0.25, -0.2) is 9.97 Å². The number of aryl methyl sites for hydroxylation is 2. The van der Waals surface area contributed by atoms with E-state index in [1.165, 1.54) is 5.56 Å². The highest BCUT2D eigenvalue weighted by atomic mass is 16.2. The molecule has 0 fully saturated rings. The van der Waals surface area contributed by atoms with Crippen molar-refractivity contribution in [3.63, 3.8) is 0 Å². The first kappa shape index (κ1) is 15.6. The molecule has 1 aromatic heterocycles. The molecular weight excluding hydrogens is 312 g/mol. The predicted octanol–water partition coefficient (Wildman–Crippen LogP) is 3.98. The second-order valence-electron chi connectivity index (χ2n) is 6.30. The molecule has 0 saturated carbocycles. The molecule has 0 unspecified atom stereocenters. The summed E-state index contributed by atoms with van der Waals surface area (Å²) in [6.45, 7) is 4.78. The summed E-state index contributed by atoms with van der Waals surface area (Å²) in [5.41, 5.74) is 5.27. The normalized spacial score (nSPS) is 13.8. The fourth-order valence-corrected chi connectivity index (χ4v) is 3.50. The second-order valence-corrected chi connectivity index (χ2v) is 6.30. The zero-order chi connectivity index (χ0) is 17.4. The Bertz CT molecular complexity index is 962. The van der Waals surface area contributed by atoms with Gasteiger partial charge in [0.1, 0.15) is 12.1 Å². The van der Waals surface area contributed by atoms with E-state index in [-0.39, 0.29) is 5.91 Å². The number of hydrogen-bond donors (Lipinski definition) is 1. The zero-order valence-electron chi connectivity index (χ0n) is 14.4. The van der Waals surface area contributed by atoms with Crippen LogP contribution in [0.1, 0.15) is 24.5 Å². The highest BCUT2D eigenvalue weighted by Crippen LogP contribution is 2.32. The van der Waals surface area contributed by atoms with Crippen molar-refractivity contribution in [2.45, 2.75) is 26.7 Å². The Hall–Kier alpha value is -2.95. The fraction of sp³-hybridized carbons (Fsp3) is 0.250. The van der Waals surface area contributed by atoms with Gasteiger partial charge in [0, 0.05) is 29.7 Å². The van der Waals surface area contributed by atoms with E-state index in [9.17, 15) is 4.79 Å². The lowest BCUT2D eigenvalue weighted by Crippen LogP contribution is -2.34. The van der Waals surface area contributed by atoms with E-state index >= 15 is 0 Å². The lowest BCUT2D eigenvalue weighted by molar-refractivity contribution is -0.118. The van der Waals surface area contributed by atoms with Gasteiger partial charge in [-0.3, -0.25) is 4.79 Å². The molecule has 0 saturated heterocycles. The Morgan fingerprint density at radius 2 is 2.04 bits per heavy atom. The summed E-state index contributed by atoms with van der Waals surface area (Å²) in [5.74, 6) is 1.01. The Morgan fingerprint density at radius 1 is 1.16 bits per heavy atom. The highest BCUT2D eigenvalue weighted by Gasteiger charge is 2.22. The molecule has 1 amide bonds. The molecule has 4 rings (SSSR count). The average Bonchev–Trinajstić information content (AvgIpc) is 2.62. The van der Waals surface area contributed by atoms with Gasteiger partial charge in [0.05, 0.1) is 5.52 Å². The summed E-state index contributed by atoms with van der Waals surface area (Å²) < 4.78 is 0. The lowest BCUT2D eigenvalue weighted by Gasteiger charge is -2.28. The monoisotopic (exact) mass is 332 g/mol. The van der Waals surface area contributed by atoms with E-state index in [2.05, 4.69) is 34.3 Å². The Balaban J connectivity index is 1.72. The van der Waals surface area contributed by atoms with Crippen LogP contribution in [-0.4, -0.2) is 22.4 Å². The topological polar surface area (TPSA) is 58.1 Å². The molecule has 0 bridgehead atoms. The van der Waals surface area contributed by atoms with Gasteiger partial charge < -0.3 is 10.2 Å². The van der Waals surface area contributed by atoms with Crippen molar-refractivity contribution in [1.29, 1.82) is 0 Å². The molecule has 5 nitrogen and oxygen atoms in total. The lowest BCUT2D eigenvalue weighted by atomic mass is 10.0. The number of anilines is 3. The van der Waals surface area contributed by atoms with Crippen LogP contribution in [0.2, 0.25) is 0 Å². The van der Waals surface area contributed by atoms with E-state index < -0.39 is 0 Å². The number of benzene rings is 2. The molecule has 0 radical (unpaired) electrons. The summed E-state index contributed by atoms with van der Waals surface area (Å²) in [5, 5.41) is 4.46. The van der Waals surface area contributed by atoms with Gasteiger partial charge in [0.15, 0.2) is 0 Å². The van der Waals surface area contributed by atoms with Crippen molar-refractivity contribution < 1.29 is 4.79 Å². The molecule has 1 aliphatic heterocycles. The Labute approximate surface area is 146 Å². The van der Waals surface area contributed by atoms with Crippen molar-refractivity contribution in [2.24, 2.45) is 0 Å². The molecule has 0 spiro atoms. The third-order valence-electron chi connectivity index (χ3n) is 4.73. The number of carbonyl (C=O) groups is 1. The fourth-order valence-electron chi connectivity index (χ4n) is 3.50. The molecule has 0 atom stereocenters. The highest BCUT2D eigenvalue weighted by molar-refractivity contribution is 5.97. The van der Waals surface area contributed by atoms with Gasteiger partial charge in [-0.1, -0.05) is 12.1 Å². The van der Waals surface area contributed by atoms with Crippen LogP contribution in [0.15, 0.2) is 42.7 Å². The molecule has 5 heteroatoms. The van der Waals surface area contributed by atoms with Crippen LogP contribution < -0.4 is 10.2 Å². The van der Waals surface area contributed by atoms with Gasteiger partial charge in [-0.2, -0.15) is 0 Å². The Morgan fingerprint density at radius 3 is 2.88 bits per heavy atom. The number of amides is 1. The van der Waals surface area contributed by atoms with Crippen molar-refractivity contribution >= 4 is 34.0 Å². The molecule has 2 heterocycles. The quantitative estimate of drug-likeness (QED) is 0.788. The number of aromatic nitrogens is 2. The predicted molar refractivity (Wildman–Crippen MR) is 100 cm³/mol. The number of nitrogens with one attached hydrogen (secondary N) is 1. The SMILES string of the molecule is CCN1C(=O)CCc2cc(Nc3ncnc4cccc(C)c34)ccc21. The van der Waals surface area contributed by atoms with Crippen LogP contribution in [-0.2, 0) is 11.2 Å². The van der Waals surface area contributed by atoms with Gasteiger partial charge in [-0.05, 0) is 55.7 Å². The maximum atomic E-state index is 12.0. The standard InChI is InChI=1S/C20H20N4O/c1-3-24-17-9-8-15(11-14(17)7-10-18(24)25)23-20-19-13(2)5-4-6-16(19)21-12-22-20/h4-6,8-9,11-12H,3,7,10H2,1-2H3,(H,21,22,23). The first-order valence-electron chi connectivity index (χ1n) is 8.58. The molecule has 126 valence electrons. The largest absolute Gasteiger partial charge is 0.340 e. The average molecular weight is 332 g/mol. The van der Waals surface area contributed by atoms with Crippen molar-refractivity contribution in [2.75, 3.05) is 16.8 Å². The molecule has 3 aromatic rings. The number of carbonyl (C=O) groups excluding carboxylic acids is 1. The van der Waals surface area contributed by atoms with E-state index in [4.69, 9.17) is 0 Å². The van der Waals surface area contributed by atoms with E-state index in [0.29, 0.717) is 13.0 Å². The maximum absolute atomic E-state index is 12.0. The molecule has 2 aromatic carbocycles. The summed E-state index contributed by atoms with van der Waals surface area (Å²) >= 11 is 0. The van der Waals surface area contributed by atoms with E-state index in [1.807, 2.05) is 36.1 Å². The second kappa shape index (κ2) is 6.16. The minimum Gasteiger partial charge on any atom is -0.340 e. The van der Waals surface area contributed by atoms with Crippen LogP contribution in [0.3, 0.4) is 0 Å². The molecular formula is C20H20N4O. The van der Waals surface area contributed by atoms with Crippen LogP contribution in [0.25, 0.3) is 10.9 Å². The number of nitrogens with zero attached hydrogens (tertiary/aromatic N) is 3. The summed E-state index contributed by atoms with van der Waals surface area (Å²) in [4.78, 5) is 22.7. The van der Waals surface area contributed by atoms with Crippen LogP contribution in [0.4, 0.5) is 17.2 Å². The van der Waals surface area contributed by atoms with Gasteiger partial charge in [0.2, 0.25) is 5.91 Å². The van der Waals surface area contributed by atoms with Gasteiger partial charge in [-0.15, -0.1) is 0 Å². The minimum atomic E-state index is 0.202. The smallest absolute Gasteiger partial charge is 0.227 e. The summed E-state index contributed by atoms with van der Waals surface area (Å²) in [7, 11) is 0. The Kier molecular flexibility index (Phi) is 3.84. The summed E-state index contributed by atoms with van der Waals surface area (Å²) in [6.07, 6.45) is 2.93. The molecule has 25 heavy (non-hydrogen) atoms. The number of rotatable bonds is 3. The summed E-state index contributed by atoms with van der Waals surface area (Å²) in [6, 6.07) is 12.2. The van der Waals surface area contributed by atoms with E-state index in [0.717, 1.165) is 40.1 Å². The zero-order valence-corrected chi connectivity index (χ0v) is 14.4. The molecule has 0 aliphatic carbocycles. The molecule has 1 aliphatic rings. The van der Waals surface area contributed by atoms with Gasteiger partial charge in [0.25, 0.3) is 0 Å². The first-order chi connectivity index (χ1) is 12.2. The third kappa shape index (κ3) is 2.71.